The van der Waals surface area contributed by atoms with Crippen LogP contribution in [0.4, 0.5) is 0 Å². The molecule has 96 valence electrons. The summed E-state index contributed by atoms with van der Waals surface area (Å²) in [4.78, 5) is 10.4. The maximum Gasteiger partial charge on any atom is 0.143 e. The fourth-order valence-corrected chi connectivity index (χ4v) is 2.93. The second-order valence-electron chi connectivity index (χ2n) is 6.08. The molecule has 1 rings (SSSR count). The molecule has 2 heteroatoms. The van der Waals surface area contributed by atoms with E-state index in [-0.39, 0.29) is 11.3 Å². The lowest BCUT2D eigenvalue weighted by Gasteiger charge is -2.46. The quantitative estimate of drug-likeness (QED) is 0.464. The summed E-state index contributed by atoms with van der Waals surface area (Å²) in [7, 11) is 0. The zero-order valence-corrected chi connectivity index (χ0v) is 11.4. The minimum atomic E-state index is -0.639. The van der Waals surface area contributed by atoms with E-state index < -0.39 is 5.60 Å². The van der Waals surface area contributed by atoms with Gasteiger partial charge in [-0.25, -0.2) is 0 Å². The van der Waals surface area contributed by atoms with Crippen LogP contribution in [0.25, 0.3) is 0 Å². The highest BCUT2D eigenvalue weighted by atomic mass is 16.3. The van der Waals surface area contributed by atoms with Crippen molar-refractivity contribution in [1.29, 1.82) is 0 Å². The Morgan fingerprint density at radius 2 is 1.94 bits per heavy atom. The number of carbonyl (C=O) groups is 1. The molecular formula is C15H24O2. The zero-order valence-electron chi connectivity index (χ0n) is 11.4. The minimum absolute atomic E-state index is 0.111. The summed E-state index contributed by atoms with van der Waals surface area (Å²) in [5.74, 6) is 0.138. The second kappa shape index (κ2) is 5.18. The molecule has 1 aliphatic rings. The summed E-state index contributed by atoms with van der Waals surface area (Å²) >= 11 is 0. The average Bonchev–Trinajstić information content (AvgIpc) is 2.15. The van der Waals surface area contributed by atoms with Crippen LogP contribution in [-0.2, 0) is 4.79 Å². The Bertz CT molecular complexity index is 319. The van der Waals surface area contributed by atoms with Crippen LogP contribution >= 0.6 is 0 Å². The third-order valence-electron chi connectivity index (χ3n) is 3.90. The molecule has 0 aromatic rings. The maximum absolute atomic E-state index is 10.5. The fraction of sp³-hybridized carbons (Fsp3) is 0.667. The first kappa shape index (κ1) is 14.2. The van der Waals surface area contributed by atoms with E-state index in [0.717, 1.165) is 31.1 Å². The lowest BCUT2D eigenvalue weighted by Crippen LogP contribution is -2.45. The van der Waals surface area contributed by atoms with Crippen LogP contribution in [-0.4, -0.2) is 17.0 Å². The Kier molecular flexibility index (Phi) is 4.31. The van der Waals surface area contributed by atoms with Crippen molar-refractivity contribution in [3.05, 3.63) is 23.8 Å². The van der Waals surface area contributed by atoms with E-state index in [9.17, 15) is 9.90 Å². The largest absolute Gasteiger partial charge is 0.390 e. The third-order valence-corrected chi connectivity index (χ3v) is 3.90. The maximum atomic E-state index is 10.5. The van der Waals surface area contributed by atoms with Gasteiger partial charge in [-0.1, -0.05) is 32.4 Å². The molecule has 1 N–H and O–H groups in total. The van der Waals surface area contributed by atoms with Crippen LogP contribution < -0.4 is 0 Å². The first-order valence-corrected chi connectivity index (χ1v) is 6.32. The highest BCUT2D eigenvalue weighted by Crippen LogP contribution is 2.46. The van der Waals surface area contributed by atoms with Crippen molar-refractivity contribution in [2.45, 2.75) is 52.6 Å². The molecule has 0 amide bonds. The van der Waals surface area contributed by atoms with Gasteiger partial charge in [0, 0.05) is 5.92 Å². The van der Waals surface area contributed by atoms with Crippen LogP contribution in [0, 0.1) is 11.3 Å². The monoisotopic (exact) mass is 236 g/mol. The van der Waals surface area contributed by atoms with Crippen LogP contribution in [0.1, 0.15) is 47.0 Å². The number of aldehydes is 1. The third kappa shape index (κ3) is 3.53. The van der Waals surface area contributed by atoms with Crippen molar-refractivity contribution in [2.24, 2.45) is 11.3 Å². The Morgan fingerprint density at radius 1 is 1.29 bits per heavy atom. The van der Waals surface area contributed by atoms with Crippen LogP contribution in [0.3, 0.4) is 0 Å². The van der Waals surface area contributed by atoms with Crippen molar-refractivity contribution >= 4 is 6.29 Å². The molecule has 0 aliphatic heterocycles. The molecule has 0 aromatic heterocycles. The fourth-order valence-electron chi connectivity index (χ4n) is 2.93. The first-order valence-electron chi connectivity index (χ1n) is 6.32. The first-order chi connectivity index (χ1) is 7.79. The normalized spacial score (nSPS) is 33.9. The summed E-state index contributed by atoms with van der Waals surface area (Å²) in [6.07, 6.45) is 9.41. The number of rotatable bonds is 3. The summed E-state index contributed by atoms with van der Waals surface area (Å²) in [5.41, 5.74) is 0.400. The second-order valence-corrected chi connectivity index (χ2v) is 6.08. The lowest BCUT2D eigenvalue weighted by atomic mass is 9.62. The van der Waals surface area contributed by atoms with Crippen molar-refractivity contribution in [3.63, 3.8) is 0 Å². The SMILES string of the molecule is CC(/C=C/C1C(C)(C)CCCC1(C)O)=C\C=O. The smallest absolute Gasteiger partial charge is 0.143 e. The van der Waals surface area contributed by atoms with Gasteiger partial charge in [-0.05, 0) is 43.8 Å². The van der Waals surface area contributed by atoms with Crippen LogP contribution in [0.15, 0.2) is 23.8 Å². The molecule has 0 saturated heterocycles. The van der Waals surface area contributed by atoms with E-state index in [2.05, 4.69) is 19.9 Å². The van der Waals surface area contributed by atoms with E-state index in [4.69, 9.17) is 0 Å². The predicted octanol–water partition coefficient (Wildman–Crippen LogP) is 3.27. The summed E-state index contributed by atoms with van der Waals surface area (Å²) in [5, 5.41) is 10.5. The van der Waals surface area contributed by atoms with E-state index in [0.29, 0.717) is 0 Å². The highest BCUT2D eigenvalue weighted by Gasteiger charge is 2.43. The van der Waals surface area contributed by atoms with E-state index in [1.54, 1.807) is 6.08 Å². The minimum Gasteiger partial charge on any atom is -0.390 e. The lowest BCUT2D eigenvalue weighted by molar-refractivity contribution is -0.104. The molecule has 0 bridgehead atoms. The standard InChI is InChI=1S/C15H24O2/c1-12(8-11-16)6-7-13-14(2,3)9-5-10-15(13,4)17/h6-8,11,13,17H,5,9-10H2,1-4H3/b7-6+,12-8+. The molecule has 1 aliphatic carbocycles. The topological polar surface area (TPSA) is 37.3 Å². The molecule has 0 aromatic carbocycles. The Labute approximate surface area is 104 Å². The summed E-state index contributed by atoms with van der Waals surface area (Å²) in [6, 6.07) is 0. The number of carbonyl (C=O) groups excluding carboxylic acids is 1. The van der Waals surface area contributed by atoms with Gasteiger partial charge in [0.2, 0.25) is 0 Å². The molecular weight excluding hydrogens is 212 g/mol. The number of hydrogen-bond donors (Lipinski definition) is 1. The van der Waals surface area contributed by atoms with Crippen LogP contribution in [0.2, 0.25) is 0 Å². The van der Waals surface area contributed by atoms with Gasteiger partial charge in [0.25, 0.3) is 0 Å². The predicted molar refractivity (Wildman–Crippen MR) is 70.7 cm³/mol. The van der Waals surface area contributed by atoms with Gasteiger partial charge in [-0.3, -0.25) is 4.79 Å². The van der Waals surface area contributed by atoms with Crippen molar-refractivity contribution in [3.8, 4) is 0 Å². The van der Waals surface area contributed by atoms with Crippen molar-refractivity contribution in [2.75, 3.05) is 0 Å². The Hall–Kier alpha value is -0.890. The van der Waals surface area contributed by atoms with Gasteiger partial charge in [0.1, 0.15) is 6.29 Å². The van der Waals surface area contributed by atoms with Gasteiger partial charge in [0.05, 0.1) is 5.60 Å². The zero-order chi connectivity index (χ0) is 13.1. The molecule has 0 spiro atoms. The van der Waals surface area contributed by atoms with E-state index in [1.165, 1.54) is 0 Å². The highest BCUT2D eigenvalue weighted by molar-refractivity contribution is 5.66. The van der Waals surface area contributed by atoms with Crippen molar-refractivity contribution in [1.82, 2.24) is 0 Å². The van der Waals surface area contributed by atoms with Gasteiger partial charge in [0.15, 0.2) is 0 Å². The molecule has 0 heterocycles. The average molecular weight is 236 g/mol. The number of allylic oxidation sites excluding steroid dienone is 3. The molecule has 1 fully saturated rings. The number of hydrogen-bond acceptors (Lipinski definition) is 2. The van der Waals surface area contributed by atoms with Gasteiger partial charge in [-0.15, -0.1) is 0 Å². The van der Waals surface area contributed by atoms with E-state index in [1.807, 2.05) is 19.9 Å². The molecule has 17 heavy (non-hydrogen) atoms. The molecule has 2 unspecified atom stereocenters. The van der Waals surface area contributed by atoms with Gasteiger partial charge >= 0.3 is 0 Å². The molecule has 1 saturated carbocycles. The molecule has 0 radical (unpaired) electrons. The summed E-state index contributed by atoms with van der Waals surface area (Å²) in [6.45, 7) is 8.22. The summed E-state index contributed by atoms with van der Waals surface area (Å²) < 4.78 is 0. The van der Waals surface area contributed by atoms with Crippen LogP contribution in [0.5, 0.6) is 0 Å². The Balaban J connectivity index is 2.91. The van der Waals surface area contributed by atoms with Crippen molar-refractivity contribution < 1.29 is 9.90 Å². The molecule has 2 nitrogen and oxygen atoms in total. The number of aliphatic hydroxyl groups is 1. The Morgan fingerprint density at radius 3 is 2.47 bits per heavy atom. The molecule has 2 atom stereocenters. The van der Waals surface area contributed by atoms with E-state index >= 15 is 0 Å². The van der Waals surface area contributed by atoms with Gasteiger partial charge < -0.3 is 5.11 Å². The van der Waals surface area contributed by atoms with Gasteiger partial charge in [-0.2, -0.15) is 0 Å².